The van der Waals surface area contributed by atoms with Gasteiger partial charge < -0.3 is 4.74 Å². The Labute approximate surface area is 91.4 Å². The summed E-state index contributed by atoms with van der Waals surface area (Å²) in [6, 6.07) is 0. The number of hydrogen-bond acceptors (Lipinski definition) is 2. The minimum absolute atomic E-state index is 0.0775. The number of rotatable bonds is 1. The quantitative estimate of drug-likeness (QED) is 0.619. The van der Waals surface area contributed by atoms with E-state index in [9.17, 15) is 4.79 Å². The summed E-state index contributed by atoms with van der Waals surface area (Å²) in [5.41, 5.74) is 0.411. The minimum atomic E-state index is -0.0775. The van der Waals surface area contributed by atoms with Crippen LogP contribution in [-0.4, -0.2) is 12.1 Å². The third-order valence-corrected chi connectivity index (χ3v) is 5.16. The lowest BCUT2D eigenvalue weighted by molar-refractivity contribution is -0.154. The van der Waals surface area contributed by atoms with Crippen molar-refractivity contribution in [2.24, 2.45) is 17.3 Å². The van der Waals surface area contributed by atoms with Gasteiger partial charge in [-0.15, -0.1) is 0 Å². The Balaban J connectivity index is 1.85. The maximum atomic E-state index is 11.1. The minimum Gasteiger partial charge on any atom is -0.462 e. The van der Waals surface area contributed by atoms with Crippen LogP contribution in [-0.2, 0) is 9.53 Å². The van der Waals surface area contributed by atoms with Gasteiger partial charge in [-0.3, -0.25) is 4.79 Å². The van der Waals surface area contributed by atoms with Crippen molar-refractivity contribution in [3.05, 3.63) is 0 Å². The number of carbonyl (C=O) groups excluding carboxylic acids is 1. The van der Waals surface area contributed by atoms with E-state index in [-0.39, 0.29) is 12.1 Å². The van der Waals surface area contributed by atoms with Gasteiger partial charge in [-0.25, -0.2) is 0 Å². The second-order valence-electron chi connectivity index (χ2n) is 5.72. The third-order valence-electron chi connectivity index (χ3n) is 5.16. The van der Waals surface area contributed by atoms with Crippen LogP contribution >= 0.6 is 0 Å². The molecule has 3 fully saturated rings. The summed E-state index contributed by atoms with van der Waals surface area (Å²) in [5.74, 6) is 1.68. The fraction of sp³-hybridized carbons (Fsp3) is 0.923. The molecule has 0 amide bonds. The molecule has 84 valence electrons. The first kappa shape index (κ1) is 9.68. The summed E-state index contributed by atoms with van der Waals surface area (Å²) in [7, 11) is 0. The van der Waals surface area contributed by atoms with E-state index < -0.39 is 0 Å². The molecular formula is C13H20O2. The molecule has 3 aliphatic carbocycles. The van der Waals surface area contributed by atoms with E-state index in [2.05, 4.69) is 0 Å². The predicted octanol–water partition coefficient (Wildman–Crippen LogP) is 2.91. The third kappa shape index (κ3) is 1.26. The standard InChI is InChI=1S/C13H20O2/c1-9(14)15-12-8-10-5-7-13(12)6-3-2-4-11(10)13/h10-12H,2-8H2,1H3/t10-,11+,12-,13-/m0/s1. The Morgan fingerprint density at radius 1 is 1.27 bits per heavy atom. The second-order valence-corrected chi connectivity index (χ2v) is 5.72. The number of ether oxygens (including phenoxy) is 1. The molecule has 0 aromatic rings. The number of hydrogen-bond donors (Lipinski definition) is 0. The van der Waals surface area contributed by atoms with Gasteiger partial charge in [0.05, 0.1) is 0 Å². The van der Waals surface area contributed by atoms with Gasteiger partial charge in [-0.1, -0.05) is 12.8 Å². The highest BCUT2D eigenvalue weighted by molar-refractivity contribution is 5.66. The molecule has 2 nitrogen and oxygen atoms in total. The van der Waals surface area contributed by atoms with Gasteiger partial charge in [0.25, 0.3) is 0 Å². The van der Waals surface area contributed by atoms with E-state index in [1.165, 1.54) is 38.5 Å². The summed E-state index contributed by atoms with van der Waals surface area (Å²) in [6.45, 7) is 1.56. The van der Waals surface area contributed by atoms with E-state index >= 15 is 0 Å². The van der Waals surface area contributed by atoms with E-state index in [1.54, 1.807) is 6.92 Å². The summed E-state index contributed by atoms with van der Waals surface area (Å²) >= 11 is 0. The van der Waals surface area contributed by atoms with Crippen molar-refractivity contribution >= 4 is 5.97 Å². The average Bonchev–Trinajstić information content (AvgIpc) is 2.70. The first-order chi connectivity index (χ1) is 7.22. The fourth-order valence-electron chi connectivity index (χ4n) is 4.68. The number of esters is 1. The number of carbonyl (C=O) groups is 1. The largest absolute Gasteiger partial charge is 0.462 e. The molecule has 0 spiro atoms. The zero-order valence-corrected chi connectivity index (χ0v) is 9.50. The lowest BCUT2D eigenvalue weighted by atomic mass is 9.68. The van der Waals surface area contributed by atoms with Gasteiger partial charge in [0, 0.05) is 12.3 Å². The van der Waals surface area contributed by atoms with E-state index in [0.29, 0.717) is 5.41 Å². The van der Waals surface area contributed by atoms with Crippen molar-refractivity contribution in [3.8, 4) is 0 Å². The van der Waals surface area contributed by atoms with Gasteiger partial charge in [0.2, 0.25) is 0 Å². The van der Waals surface area contributed by atoms with Crippen molar-refractivity contribution in [1.29, 1.82) is 0 Å². The lowest BCUT2D eigenvalue weighted by Gasteiger charge is -2.40. The van der Waals surface area contributed by atoms with Gasteiger partial charge in [0.15, 0.2) is 0 Å². The summed E-state index contributed by atoms with van der Waals surface area (Å²) in [4.78, 5) is 11.1. The van der Waals surface area contributed by atoms with Crippen LogP contribution in [0.2, 0.25) is 0 Å². The van der Waals surface area contributed by atoms with Crippen LogP contribution in [0, 0.1) is 17.3 Å². The molecule has 0 saturated heterocycles. The maximum Gasteiger partial charge on any atom is 0.302 e. The highest BCUT2D eigenvalue weighted by atomic mass is 16.5. The second kappa shape index (κ2) is 3.23. The van der Waals surface area contributed by atoms with Crippen LogP contribution in [0.5, 0.6) is 0 Å². The Hall–Kier alpha value is -0.530. The van der Waals surface area contributed by atoms with Crippen molar-refractivity contribution in [2.75, 3.05) is 0 Å². The van der Waals surface area contributed by atoms with Crippen molar-refractivity contribution < 1.29 is 9.53 Å². The Morgan fingerprint density at radius 2 is 2.13 bits per heavy atom. The van der Waals surface area contributed by atoms with E-state index in [1.807, 2.05) is 0 Å². The first-order valence-electron chi connectivity index (χ1n) is 6.39. The molecule has 2 heteroatoms. The van der Waals surface area contributed by atoms with Gasteiger partial charge in [-0.2, -0.15) is 0 Å². The summed E-state index contributed by atoms with van der Waals surface area (Å²) in [5, 5.41) is 0. The molecular weight excluding hydrogens is 188 g/mol. The molecule has 0 radical (unpaired) electrons. The van der Waals surface area contributed by atoms with Crippen molar-refractivity contribution in [2.45, 2.75) is 58.0 Å². The van der Waals surface area contributed by atoms with Crippen LogP contribution in [0.3, 0.4) is 0 Å². The Kier molecular flexibility index (Phi) is 2.08. The first-order valence-corrected chi connectivity index (χ1v) is 6.39. The SMILES string of the molecule is CC(=O)O[C@H]1C[C@@H]2CC[C@]13CCCC[C@H]23. The van der Waals surface area contributed by atoms with Crippen molar-refractivity contribution in [3.63, 3.8) is 0 Å². The molecule has 3 aliphatic rings. The fourth-order valence-corrected chi connectivity index (χ4v) is 4.68. The highest BCUT2D eigenvalue weighted by Gasteiger charge is 2.60. The van der Waals surface area contributed by atoms with Gasteiger partial charge >= 0.3 is 5.97 Å². The molecule has 3 rings (SSSR count). The molecule has 0 aliphatic heterocycles. The van der Waals surface area contributed by atoms with E-state index in [4.69, 9.17) is 4.74 Å². The van der Waals surface area contributed by atoms with Crippen LogP contribution in [0.25, 0.3) is 0 Å². The molecule has 0 unspecified atom stereocenters. The normalized spacial score (nSPS) is 47.7. The summed E-state index contributed by atoms with van der Waals surface area (Å²) < 4.78 is 5.57. The van der Waals surface area contributed by atoms with E-state index in [0.717, 1.165) is 18.3 Å². The van der Waals surface area contributed by atoms with Crippen LogP contribution in [0.4, 0.5) is 0 Å². The molecule has 0 N–H and O–H groups in total. The molecule has 3 saturated carbocycles. The molecule has 15 heavy (non-hydrogen) atoms. The van der Waals surface area contributed by atoms with Gasteiger partial charge in [-0.05, 0) is 43.9 Å². The Bertz CT molecular complexity index is 286. The lowest BCUT2D eigenvalue weighted by Crippen LogP contribution is -2.38. The van der Waals surface area contributed by atoms with Crippen LogP contribution in [0.15, 0.2) is 0 Å². The van der Waals surface area contributed by atoms with Crippen LogP contribution < -0.4 is 0 Å². The average molecular weight is 208 g/mol. The predicted molar refractivity (Wildman–Crippen MR) is 57.3 cm³/mol. The zero-order chi connectivity index (χ0) is 10.5. The molecule has 4 atom stereocenters. The highest BCUT2D eigenvalue weighted by Crippen LogP contribution is 2.64. The van der Waals surface area contributed by atoms with Crippen molar-refractivity contribution in [1.82, 2.24) is 0 Å². The topological polar surface area (TPSA) is 26.3 Å². The smallest absolute Gasteiger partial charge is 0.302 e. The Morgan fingerprint density at radius 3 is 2.93 bits per heavy atom. The maximum absolute atomic E-state index is 11.1. The molecule has 0 aromatic heterocycles. The molecule has 0 aromatic carbocycles. The molecule has 0 heterocycles. The monoisotopic (exact) mass is 208 g/mol. The van der Waals surface area contributed by atoms with Crippen LogP contribution in [0.1, 0.15) is 51.9 Å². The van der Waals surface area contributed by atoms with Gasteiger partial charge in [0.1, 0.15) is 6.10 Å². The zero-order valence-electron chi connectivity index (χ0n) is 9.50. The molecule has 2 bridgehead atoms. The summed E-state index contributed by atoms with van der Waals surface area (Å²) in [6.07, 6.45) is 9.58.